The topological polar surface area (TPSA) is 69.7 Å². The first-order valence-corrected chi connectivity index (χ1v) is 7.49. The Labute approximate surface area is 130 Å². The molecule has 118 valence electrons. The largest absolute Gasteiger partial charge is 0.342 e. The van der Waals surface area contributed by atoms with Crippen molar-refractivity contribution < 1.29 is 14.4 Å². The highest BCUT2D eigenvalue weighted by atomic mass is 16.2. The van der Waals surface area contributed by atoms with Gasteiger partial charge in [-0.25, -0.2) is 0 Å². The van der Waals surface area contributed by atoms with Gasteiger partial charge in [0, 0.05) is 31.9 Å². The van der Waals surface area contributed by atoms with Crippen molar-refractivity contribution in [1.82, 2.24) is 9.80 Å². The Bertz CT molecular complexity index is 551. The summed E-state index contributed by atoms with van der Waals surface area (Å²) in [7, 11) is 0. The minimum Gasteiger partial charge on any atom is -0.342 e. The molecule has 1 saturated heterocycles. The SMILES string of the molecule is CCc1ccccc1NC(=O)CC(=O)N1CCN(C=O)CC1. The molecule has 0 unspecified atom stereocenters. The normalized spacial score (nSPS) is 14.6. The highest BCUT2D eigenvalue weighted by Crippen LogP contribution is 2.15. The van der Waals surface area contributed by atoms with Crippen molar-refractivity contribution in [2.45, 2.75) is 19.8 Å². The Kier molecular flexibility index (Phi) is 5.52. The van der Waals surface area contributed by atoms with E-state index in [1.165, 1.54) is 0 Å². The van der Waals surface area contributed by atoms with Gasteiger partial charge >= 0.3 is 0 Å². The van der Waals surface area contributed by atoms with E-state index in [4.69, 9.17) is 0 Å². The van der Waals surface area contributed by atoms with E-state index in [0.717, 1.165) is 24.1 Å². The van der Waals surface area contributed by atoms with E-state index in [2.05, 4.69) is 5.32 Å². The maximum atomic E-state index is 12.1. The molecule has 0 aromatic heterocycles. The molecule has 22 heavy (non-hydrogen) atoms. The minimum absolute atomic E-state index is 0.168. The number of carbonyl (C=O) groups is 3. The molecule has 1 aliphatic rings. The molecule has 1 fully saturated rings. The molecular weight excluding hydrogens is 282 g/mol. The first-order chi connectivity index (χ1) is 10.6. The third kappa shape index (κ3) is 4.07. The number of nitrogens with zero attached hydrogens (tertiary/aromatic N) is 2. The summed E-state index contributed by atoms with van der Waals surface area (Å²) >= 11 is 0. The maximum Gasteiger partial charge on any atom is 0.233 e. The molecule has 0 saturated carbocycles. The number of amides is 3. The zero-order valence-corrected chi connectivity index (χ0v) is 12.7. The molecule has 0 bridgehead atoms. The number of para-hydroxylation sites is 1. The molecule has 6 nitrogen and oxygen atoms in total. The van der Waals surface area contributed by atoms with Crippen LogP contribution >= 0.6 is 0 Å². The lowest BCUT2D eigenvalue weighted by atomic mass is 10.1. The van der Waals surface area contributed by atoms with Crippen molar-refractivity contribution in [3.63, 3.8) is 0 Å². The van der Waals surface area contributed by atoms with E-state index in [0.29, 0.717) is 26.2 Å². The van der Waals surface area contributed by atoms with Crippen LogP contribution in [-0.2, 0) is 20.8 Å². The second-order valence-electron chi connectivity index (χ2n) is 5.26. The highest BCUT2D eigenvalue weighted by Gasteiger charge is 2.22. The number of nitrogens with one attached hydrogen (secondary N) is 1. The van der Waals surface area contributed by atoms with Gasteiger partial charge in [0.05, 0.1) is 0 Å². The van der Waals surface area contributed by atoms with Gasteiger partial charge in [-0.1, -0.05) is 25.1 Å². The van der Waals surface area contributed by atoms with Crippen molar-refractivity contribution in [3.8, 4) is 0 Å². The predicted molar refractivity (Wildman–Crippen MR) is 83.3 cm³/mol. The second-order valence-corrected chi connectivity index (χ2v) is 5.26. The fraction of sp³-hybridized carbons (Fsp3) is 0.438. The van der Waals surface area contributed by atoms with Gasteiger partial charge in [-0.2, -0.15) is 0 Å². The van der Waals surface area contributed by atoms with E-state index in [9.17, 15) is 14.4 Å². The summed E-state index contributed by atoms with van der Waals surface area (Å²) in [4.78, 5) is 38.0. The van der Waals surface area contributed by atoms with Crippen LogP contribution in [0.3, 0.4) is 0 Å². The predicted octanol–water partition coefficient (Wildman–Crippen LogP) is 0.878. The third-order valence-corrected chi connectivity index (χ3v) is 3.80. The van der Waals surface area contributed by atoms with Gasteiger partial charge in [-0.3, -0.25) is 14.4 Å². The van der Waals surface area contributed by atoms with E-state index in [1.54, 1.807) is 9.80 Å². The van der Waals surface area contributed by atoms with Crippen LogP contribution < -0.4 is 5.32 Å². The zero-order valence-electron chi connectivity index (χ0n) is 12.7. The van der Waals surface area contributed by atoms with Crippen LogP contribution in [-0.4, -0.2) is 54.2 Å². The van der Waals surface area contributed by atoms with Gasteiger partial charge in [0.15, 0.2) is 0 Å². The summed E-state index contributed by atoms with van der Waals surface area (Å²) in [5.41, 5.74) is 1.80. The average molecular weight is 303 g/mol. The van der Waals surface area contributed by atoms with Gasteiger partial charge in [0.2, 0.25) is 18.2 Å². The van der Waals surface area contributed by atoms with E-state index >= 15 is 0 Å². The lowest BCUT2D eigenvalue weighted by molar-refractivity contribution is -0.137. The fourth-order valence-corrected chi connectivity index (χ4v) is 2.47. The molecule has 0 atom stereocenters. The molecule has 1 aromatic rings. The molecule has 3 amide bonds. The fourth-order valence-electron chi connectivity index (χ4n) is 2.47. The van der Waals surface area contributed by atoms with Crippen molar-refractivity contribution in [2.75, 3.05) is 31.5 Å². The first-order valence-electron chi connectivity index (χ1n) is 7.49. The Morgan fingerprint density at radius 3 is 2.50 bits per heavy atom. The summed E-state index contributed by atoms with van der Waals surface area (Å²) in [6.45, 7) is 4.03. The molecule has 1 heterocycles. The standard InChI is InChI=1S/C16H21N3O3/c1-2-13-5-3-4-6-14(13)17-15(21)11-16(22)19-9-7-18(12-20)8-10-19/h3-6,12H,2,7-11H2,1H3,(H,17,21). The quantitative estimate of drug-likeness (QED) is 0.648. The lowest BCUT2D eigenvalue weighted by Gasteiger charge is -2.32. The zero-order chi connectivity index (χ0) is 15.9. The van der Waals surface area contributed by atoms with Crippen molar-refractivity contribution in [2.24, 2.45) is 0 Å². The summed E-state index contributed by atoms with van der Waals surface area (Å²) in [6, 6.07) is 7.57. The molecule has 0 radical (unpaired) electrons. The van der Waals surface area contributed by atoms with Gasteiger partial charge in [-0.15, -0.1) is 0 Å². The maximum absolute atomic E-state index is 12.1. The Morgan fingerprint density at radius 1 is 1.18 bits per heavy atom. The van der Waals surface area contributed by atoms with E-state index < -0.39 is 0 Å². The first kappa shape index (κ1) is 16.0. The minimum atomic E-state index is -0.302. The van der Waals surface area contributed by atoms with Crippen LogP contribution in [0.2, 0.25) is 0 Å². The number of anilines is 1. The van der Waals surface area contributed by atoms with Crippen LogP contribution in [0.4, 0.5) is 5.69 Å². The number of hydrogen-bond donors (Lipinski definition) is 1. The number of benzene rings is 1. The number of rotatable bonds is 5. The van der Waals surface area contributed by atoms with Crippen LogP contribution in [0.1, 0.15) is 18.9 Å². The Hall–Kier alpha value is -2.37. The van der Waals surface area contributed by atoms with Crippen LogP contribution in [0.5, 0.6) is 0 Å². The van der Waals surface area contributed by atoms with Crippen molar-refractivity contribution in [1.29, 1.82) is 0 Å². The van der Waals surface area contributed by atoms with Crippen LogP contribution in [0, 0.1) is 0 Å². The van der Waals surface area contributed by atoms with Crippen molar-refractivity contribution >= 4 is 23.9 Å². The Balaban J connectivity index is 1.86. The Morgan fingerprint density at radius 2 is 1.86 bits per heavy atom. The molecule has 1 N–H and O–H groups in total. The second kappa shape index (κ2) is 7.59. The summed E-state index contributed by atoms with van der Waals surface area (Å²) < 4.78 is 0. The number of piperazine rings is 1. The van der Waals surface area contributed by atoms with Crippen molar-refractivity contribution in [3.05, 3.63) is 29.8 Å². The van der Waals surface area contributed by atoms with E-state index in [-0.39, 0.29) is 18.2 Å². The van der Waals surface area contributed by atoms with E-state index in [1.807, 2.05) is 31.2 Å². The smallest absolute Gasteiger partial charge is 0.233 e. The molecule has 1 aromatic carbocycles. The van der Waals surface area contributed by atoms with Gasteiger partial charge in [0.1, 0.15) is 6.42 Å². The summed E-state index contributed by atoms with van der Waals surface area (Å²) in [5.74, 6) is -0.499. The number of hydrogen-bond acceptors (Lipinski definition) is 3. The average Bonchev–Trinajstić information content (AvgIpc) is 2.55. The molecule has 2 rings (SSSR count). The molecular formula is C16H21N3O3. The summed E-state index contributed by atoms with van der Waals surface area (Å²) in [5, 5.41) is 2.80. The highest BCUT2D eigenvalue weighted by molar-refractivity contribution is 6.03. The van der Waals surface area contributed by atoms with Crippen LogP contribution in [0.25, 0.3) is 0 Å². The number of carbonyl (C=O) groups excluding carboxylic acids is 3. The third-order valence-electron chi connectivity index (χ3n) is 3.80. The van der Waals surface area contributed by atoms with Gasteiger partial charge < -0.3 is 15.1 Å². The van der Waals surface area contributed by atoms with Gasteiger partial charge in [0.25, 0.3) is 0 Å². The molecule has 6 heteroatoms. The monoisotopic (exact) mass is 303 g/mol. The lowest BCUT2D eigenvalue weighted by Crippen LogP contribution is -2.48. The molecule has 1 aliphatic heterocycles. The molecule has 0 aliphatic carbocycles. The van der Waals surface area contributed by atoms with Gasteiger partial charge in [-0.05, 0) is 18.1 Å². The number of aryl methyl sites for hydroxylation is 1. The molecule has 0 spiro atoms. The van der Waals surface area contributed by atoms with Crippen LogP contribution in [0.15, 0.2) is 24.3 Å². The summed E-state index contributed by atoms with van der Waals surface area (Å²) in [6.07, 6.45) is 1.44.